The molecule has 1 saturated heterocycles. The molecule has 2 aliphatic heterocycles. The van der Waals surface area contributed by atoms with Gasteiger partial charge in [-0.2, -0.15) is 0 Å². The summed E-state index contributed by atoms with van der Waals surface area (Å²) >= 11 is 7.09. The molecule has 10 heteroatoms. The minimum atomic E-state index is -0.257. The molecule has 2 aromatic heterocycles. The van der Waals surface area contributed by atoms with Gasteiger partial charge in [0.15, 0.2) is 6.23 Å². The molecule has 136 valence electrons. The van der Waals surface area contributed by atoms with E-state index >= 15 is 0 Å². The Labute approximate surface area is 165 Å². The third-order valence-corrected chi connectivity index (χ3v) is 6.67. The number of fused-ring (bicyclic) bond motifs is 5. The van der Waals surface area contributed by atoms with E-state index in [-0.39, 0.29) is 25.0 Å². The molecule has 0 unspecified atom stereocenters. The van der Waals surface area contributed by atoms with Gasteiger partial charge in [0, 0.05) is 28.2 Å². The number of ether oxygens (including phenoxy) is 2. The number of benzene rings is 1. The molecule has 0 amide bonds. The molecule has 0 aliphatic carbocycles. The molecule has 0 spiro atoms. The first kappa shape index (κ1) is 16.8. The highest BCUT2D eigenvalue weighted by molar-refractivity contribution is 9.13. The van der Waals surface area contributed by atoms with Gasteiger partial charge in [0.25, 0.3) is 0 Å². The fourth-order valence-electron chi connectivity index (χ4n) is 3.62. The number of halogens is 2. The summed E-state index contributed by atoms with van der Waals surface area (Å²) in [6.07, 6.45) is 1.91. The van der Waals surface area contributed by atoms with Crippen LogP contribution in [0.15, 0.2) is 27.3 Å². The van der Waals surface area contributed by atoms with Crippen LogP contribution in [0.2, 0.25) is 0 Å². The van der Waals surface area contributed by atoms with Gasteiger partial charge in [0.05, 0.1) is 23.3 Å². The molecule has 3 atom stereocenters. The van der Waals surface area contributed by atoms with Crippen LogP contribution in [0, 0.1) is 0 Å². The van der Waals surface area contributed by atoms with Gasteiger partial charge < -0.3 is 14.6 Å². The summed E-state index contributed by atoms with van der Waals surface area (Å²) in [5.74, 6) is 0.853. The summed E-state index contributed by atoms with van der Waals surface area (Å²) < 4.78 is 18.0. The average Bonchev–Trinajstić information content (AvgIpc) is 3.31. The highest BCUT2D eigenvalue weighted by Crippen LogP contribution is 2.41. The van der Waals surface area contributed by atoms with Gasteiger partial charge in [-0.3, -0.25) is 4.57 Å². The van der Waals surface area contributed by atoms with Crippen molar-refractivity contribution in [1.82, 2.24) is 24.5 Å². The fraction of sp³-hybridized carbons (Fsp3) is 0.438. The summed E-state index contributed by atoms with van der Waals surface area (Å²) in [6.45, 7) is 0.953. The minimum Gasteiger partial charge on any atom is -0.396 e. The van der Waals surface area contributed by atoms with Crippen molar-refractivity contribution in [2.45, 2.75) is 31.4 Å². The van der Waals surface area contributed by atoms with Gasteiger partial charge in [-0.1, -0.05) is 5.21 Å². The predicted octanol–water partition coefficient (Wildman–Crippen LogP) is 2.36. The van der Waals surface area contributed by atoms with E-state index in [4.69, 9.17) is 14.6 Å². The van der Waals surface area contributed by atoms with Gasteiger partial charge in [0.1, 0.15) is 24.6 Å². The van der Waals surface area contributed by atoms with Gasteiger partial charge in [-0.05, 0) is 44.0 Å². The Hall–Kier alpha value is -1.33. The topological polar surface area (TPSA) is 87.2 Å². The fourth-order valence-corrected chi connectivity index (χ4v) is 4.28. The minimum absolute atomic E-state index is 0.0528. The van der Waals surface area contributed by atoms with Crippen LogP contribution in [0.4, 0.5) is 0 Å². The zero-order chi connectivity index (χ0) is 17.8. The Bertz CT molecular complexity index is 988. The summed E-state index contributed by atoms with van der Waals surface area (Å²) in [5, 5.41) is 17.4. The number of aliphatic hydroxyl groups is 1. The number of imidazole rings is 1. The normalized spacial score (nSPS) is 24.8. The van der Waals surface area contributed by atoms with Crippen LogP contribution in [0.5, 0.6) is 0 Å². The zero-order valence-corrected chi connectivity index (χ0v) is 16.7. The molecular weight excluding hydrogens is 470 g/mol. The molecule has 4 heterocycles. The second-order valence-electron chi connectivity index (χ2n) is 6.38. The van der Waals surface area contributed by atoms with Crippen LogP contribution in [0.25, 0.3) is 11.0 Å². The Kier molecular flexibility index (Phi) is 4.13. The first-order valence-electron chi connectivity index (χ1n) is 8.26. The average molecular weight is 485 g/mol. The zero-order valence-electron chi connectivity index (χ0n) is 13.5. The molecule has 0 radical (unpaired) electrons. The Balaban J connectivity index is 1.52. The van der Waals surface area contributed by atoms with Gasteiger partial charge in [-0.15, -0.1) is 5.10 Å². The van der Waals surface area contributed by atoms with Crippen molar-refractivity contribution in [2.24, 2.45) is 0 Å². The number of nitrogens with zero attached hydrogens (tertiary/aromatic N) is 5. The molecule has 1 fully saturated rings. The van der Waals surface area contributed by atoms with Crippen molar-refractivity contribution in [3.05, 3.63) is 38.8 Å². The quantitative estimate of drug-likeness (QED) is 0.614. The van der Waals surface area contributed by atoms with Crippen molar-refractivity contribution in [3.63, 3.8) is 0 Å². The molecule has 0 saturated carbocycles. The summed E-state index contributed by atoms with van der Waals surface area (Å²) in [6, 6.07) is 3.97. The Morgan fingerprint density at radius 3 is 2.92 bits per heavy atom. The summed E-state index contributed by atoms with van der Waals surface area (Å²) in [5.41, 5.74) is 2.67. The van der Waals surface area contributed by atoms with Crippen LogP contribution in [0.3, 0.4) is 0 Å². The molecule has 3 aromatic rings. The summed E-state index contributed by atoms with van der Waals surface area (Å²) in [4.78, 5) is 4.69. The number of hydrogen-bond acceptors (Lipinski definition) is 6. The van der Waals surface area contributed by atoms with Gasteiger partial charge in [0.2, 0.25) is 0 Å². The van der Waals surface area contributed by atoms with Crippen LogP contribution >= 0.6 is 31.9 Å². The largest absolute Gasteiger partial charge is 0.396 e. The van der Waals surface area contributed by atoms with Crippen LogP contribution in [0.1, 0.15) is 23.8 Å². The first-order chi connectivity index (χ1) is 12.7. The van der Waals surface area contributed by atoms with E-state index in [2.05, 4.69) is 51.7 Å². The van der Waals surface area contributed by atoms with E-state index in [0.717, 1.165) is 31.5 Å². The maximum atomic E-state index is 9.07. The maximum Gasteiger partial charge on any atom is 0.164 e. The van der Waals surface area contributed by atoms with Crippen molar-refractivity contribution in [1.29, 1.82) is 0 Å². The molecule has 8 nitrogen and oxygen atoms in total. The van der Waals surface area contributed by atoms with E-state index in [9.17, 15) is 0 Å². The maximum absolute atomic E-state index is 9.07. The van der Waals surface area contributed by atoms with Gasteiger partial charge >= 0.3 is 0 Å². The van der Waals surface area contributed by atoms with Crippen LogP contribution in [-0.2, 0) is 22.5 Å². The van der Waals surface area contributed by atoms with E-state index in [1.807, 2.05) is 18.3 Å². The SMILES string of the molecule is OCCc1cn([C@H]2CO[C@H]3[C@@H]2OCc2nc4cc(Br)c(Br)cc4n23)nn1. The highest BCUT2D eigenvalue weighted by Gasteiger charge is 2.45. The lowest BCUT2D eigenvalue weighted by Crippen LogP contribution is -2.35. The molecular formula is C16H15Br2N5O3. The second kappa shape index (κ2) is 6.38. The number of rotatable bonds is 3. The molecule has 2 aliphatic rings. The molecule has 1 N–H and O–H groups in total. The Morgan fingerprint density at radius 1 is 1.23 bits per heavy atom. The van der Waals surface area contributed by atoms with E-state index in [0.29, 0.717) is 19.6 Å². The number of aliphatic hydroxyl groups excluding tert-OH is 1. The van der Waals surface area contributed by atoms with Crippen molar-refractivity contribution in [2.75, 3.05) is 13.2 Å². The smallest absolute Gasteiger partial charge is 0.164 e. The van der Waals surface area contributed by atoms with E-state index in [1.54, 1.807) is 4.68 Å². The van der Waals surface area contributed by atoms with Crippen LogP contribution in [-0.4, -0.2) is 49.0 Å². The predicted molar refractivity (Wildman–Crippen MR) is 98.5 cm³/mol. The lowest BCUT2D eigenvalue weighted by atomic mass is 10.1. The lowest BCUT2D eigenvalue weighted by molar-refractivity contribution is -0.0864. The molecule has 26 heavy (non-hydrogen) atoms. The second-order valence-corrected chi connectivity index (χ2v) is 8.09. The van der Waals surface area contributed by atoms with Crippen molar-refractivity contribution < 1.29 is 14.6 Å². The Morgan fingerprint density at radius 2 is 2.08 bits per heavy atom. The number of hydrogen-bond donors (Lipinski definition) is 1. The third kappa shape index (κ3) is 2.55. The monoisotopic (exact) mass is 483 g/mol. The first-order valence-corrected chi connectivity index (χ1v) is 9.85. The molecule has 0 bridgehead atoms. The molecule has 5 rings (SSSR count). The lowest BCUT2D eigenvalue weighted by Gasteiger charge is -2.29. The van der Waals surface area contributed by atoms with E-state index in [1.165, 1.54) is 0 Å². The van der Waals surface area contributed by atoms with Gasteiger partial charge in [-0.25, -0.2) is 9.67 Å². The number of aromatic nitrogens is 5. The highest BCUT2D eigenvalue weighted by atomic mass is 79.9. The molecule has 1 aromatic carbocycles. The summed E-state index contributed by atoms with van der Waals surface area (Å²) in [7, 11) is 0. The van der Waals surface area contributed by atoms with Crippen molar-refractivity contribution >= 4 is 42.9 Å². The third-order valence-electron chi connectivity index (χ3n) is 4.83. The van der Waals surface area contributed by atoms with E-state index < -0.39 is 0 Å². The standard InChI is InChI=1S/C16H15Br2N5O3/c17-9-3-11-12(4-10(9)18)23-14(19-11)7-25-15-13(6-26-16(15)23)22-5-8(1-2-24)20-21-22/h3-5,13,15-16,24H,1-2,6-7H2/t13-,15+,16-/m0/s1. The van der Waals surface area contributed by atoms with Crippen molar-refractivity contribution in [3.8, 4) is 0 Å². The van der Waals surface area contributed by atoms with Crippen LogP contribution < -0.4 is 0 Å².